The summed E-state index contributed by atoms with van der Waals surface area (Å²) in [5, 5.41) is 0. The summed E-state index contributed by atoms with van der Waals surface area (Å²) >= 11 is 0. The molecule has 3 aromatic rings. The number of nitrogens with zero attached hydrogens (tertiary/aromatic N) is 5. The molecule has 96 valence electrons. The number of rotatable bonds is 2. The first-order valence-corrected chi connectivity index (χ1v) is 6.07. The van der Waals surface area contributed by atoms with E-state index in [1.54, 1.807) is 6.33 Å². The molecule has 0 aliphatic rings. The lowest BCUT2D eigenvalue weighted by Gasteiger charge is -2.13. The Kier molecular flexibility index (Phi) is 2.67. The minimum atomic E-state index is 0.704. The molecule has 2 heterocycles. The van der Waals surface area contributed by atoms with Gasteiger partial charge in [-0.25, -0.2) is 15.0 Å². The van der Waals surface area contributed by atoms with E-state index in [2.05, 4.69) is 32.0 Å². The van der Waals surface area contributed by atoms with Gasteiger partial charge in [-0.05, 0) is 12.1 Å². The van der Waals surface area contributed by atoms with Crippen molar-refractivity contribution in [3.8, 4) is 11.4 Å². The Morgan fingerprint density at radius 1 is 1.16 bits per heavy atom. The highest BCUT2D eigenvalue weighted by Gasteiger charge is 2.07. The van der Waals surface area contributed by atoms with E-state index in [1.807, 2.05) is 44.0 Å². The fraction of sp³-hybridized carbons (Fsp3) is 0.214. The highest BCUT2D eigenvalue weighted by Crippen LogP contribution is 2.22. The number of imidazole rings is 1. The van der Waals surface area contributed by atoms with E-state index >= 15 is 0 Å². The zero-order chi connectivity index (χ0) is 13.4. The molecule has 0 unspecified atom stereocenters. The average molecular weight is 253 g/mol. The minimum Gasteiger partial charge on any atom is -0.378 e. The summed E-state index contributed by atoms with van der Waals surface area (Å²) in [6, 6.07) is 8.15. The maximum Gasteiger partial charge on any atom is 0.181 e. The topological polar surface area (TPSA) is 46.8 Å². The molecular weight excluding hydrogens is 238 g/mol. The number of fused-ring (bicyclic) bond motifs is 1. The van der Waals surface area contributed by atoms with E-state index < -0.39 is 0 Å². The van der Waals surface area contributed by atoms with Gasteiger partial charge < -0.3 is 9.47 Å². The summed E-state index contributed by atoms with van der Waals surface area (Å²) in [6.07, 6.45) is 3.56. The second-order valence-electron chi connectivity index (χ2n) is 4.70. The molecule has 0 aliphatic carbocycles. The molecule has 5 heteroatoms. The Morgan fingerprint density at radius 2 is 2.00 bits per heavy atom. The summed E-state index contributed by atoms with van der Waals surface area (Å²) < 4.78 is 1.91. The Balaban J connectivity index is 2.10. The van der Waals surface area contributed by atoms with Crippen molar-refractivity contribution in [2.45, 2.75) is 0 Å². The number of aromatic nitrogens is 4. The van der Waals surface area contributed by atoms with Crippen molar-refractivity contribution in [3.63, 3.8) is 0 Å². The Hall–Kier alpha value is -2.43. The number of aryl methyl sites for hydroxylation is 1. The summed E-state index contributed by atoms with van der Waals surface area (Å²) in [4.78, 5) is 15.2. The van der Waals surface area contributed by atoms with Gasteiger partial charge in [0.2, 0.25) is 0 Å². The van der Waals surface area contributed by atoms with E-state index in [-0.39, 0.29) is 0 Å². The van der Waals surface area contributed by atoms with Gasteiger partial charge in [0.05, 0.1) is 12.5 Å². The van der Waals surface area contributed by atoms with Crippen LogP contribution < -0.4 is 4.90 Å². The normalized spacial score (nSPS) is 10.9. The van der Waals surface area contributed by atoms with Crippen LogP contribution in [0.4, 0.5) is 5.69 Å². The highest BCUT2D eigenvalue weighted by molar-refractivity contribution is 5.73. The van der Waals surface area contributed by atoms with E-state index in [4.69, 9.17) is 0 Å². The van der Waals surface area contributed by atoms with E-state index in [0.29, 0.717) is 5.82 Å². The number of hydrogen-bond acceptors (Lipinski definition) is 4. The zero-order valence-electron chi connectivity index (χ0n) is 11.2. The minimum absolute atomic E-state index is 0.704. The Morgan fingerprint density at radius 3 is 2.79 bits per heavy atom. The van der Waals surface area contributed by atoms with Crippen molar-refractivity contribution in [2.24, 2.45) is 7.05 Å². The first-order chi connectivity index (χ1) is 9.15. The van der Waals surface area contributed by atoms with Crippen LogP contribution in [0.25, 0.3) is 22.6 Å². The second-order valence-corrected chi connectivity index (χ2v) is 4.70. The van der Waals surface area contributed by atoms with E-state index in [9.17, 15) is 0 Å². The quantitative estimate of drug-likeness (QED) is 0.701. The van der Waals surface area contributed by atoms with Crippen LogP contribution >= 0.6 is 0 Å². The molecule has 0 spiro atoms. The van der Waals surface area contributed by atoms with Crippen molar-refractivity contribution in [1.82, 2.24) is 19.5 Å². The average Bonchev–Trinajstić information content (AvgIpc) is 2.80. The lowest BCUT2D eigenvalue weighted by atomic mass is 10.2. The lowest BCUT2D eigenvalue weighted by molar-refractivity contribution is 0.944. The van der Waals surface area contributed by atoms with Gasteiger partial charge in [0.25, 0.3) is 0 Å². The first-order valence-electron chi connectivity index (χ1n) is 6.07. The van der Waals surface area contributed by atoms with Crippen molar-refractivity contribution in [1.29, 1.82) is 0 Å². The molecule has 0 N–H and O–H groups in total. The van der Waals surface area contributed by atoms with Gasteiger partial charge in [-0.15, -0.1) is 0 Å². The highest BCUT2D eigenvalue weighted by atomic mass is 15.1. The van der Waals surface area contributed by atoms with Gasteiger partial charge in [0.15, 0.2) is 11.5 Å². The Labute approximate surface area is 111 Å². The predicted molar refractivity (Wildman–Crippen MR) is 76.1 cm³/mol. The zero-order valence-corrected chi connectivity index (χ0v) is 11.2. The third kappa shape index (κ3) is 2.03. The van der Waals surface area contributed by atoms with Crippen molar-refractivity contribution in [2.75, 3.05) is 19.0 Å². The maximum atomic E-state index is 4.51. The molecule has 2 aromatic heterocycles. The van der Waals surface area contributed by atoms with Crippen LogP contribution in [0.2, 0.25) is 0 Å². The van der Waals surface area contributed by atoms with Crippen LogP contribution in [-0.4, -0.2) is 33.6 Å². The first kappa shape index (κ1) is 11.6. The molecular formula is C14H15N5. The second kappa shape index (κ2) is 4.35. The third-order valence-electron chi connectivity index (χ3n) is 3.10. The van der Waals surface area contributed by atoms with Crippen molar-refractivity contribution < 1.29 is 0 Å². The summed E-state index contributed by atoms with van der Waals surface area (Å²) in [7, 11) is 5.97. The van der Waals surface area contributed by atoms with Gasteiger partial charge in [-0.2, -0.15) is 0 Å². The molecule has 0 atom stereocenters. The van der Waals surface area contributed by atoms with Crippen LogP contribution in [-0.2, 0) is 7.05 Å². The van der Waals surface area contributed by atoms with Crippen LogP contribution in [0.1, 0.15) is 0 Å². The molecule has 0 saturated carbocycles. The third-order valence-corrected chi connectivity index (χ3v) is 3.10. The molecule has 0 bridgehead atoms. The van der Waals surface area contributed by atoms with Gasteiger partial charge >= 0.3 is 0 Å². The van der Waals surface area contributed by atoms with Crippen LogP contribution in [0.5, 0.6) is 0 Å². The summed E-state index contributed by atoms with van der Waals surface area (Å²) in [5.74, 6) is 0.704. The van der Waals surface area contributed by atoms with Crippen LogP contribution in [0.3, 0.4) is 0 Å². The van der Waals surface area contributed by atoms with Crippen molar-refractivity contribution in [3.05, 3.63) is 36.8 Å². The number of anilines is 1. The summed E-state index contributed by atoms with van der Waals surface area (Å²) in [5.41, 5.74) is 3.79. The molecule has 0 aliphatic heterocycles. The lowest BCUT2D eigenvalue weighted by Crippen LogP contribution is -2.08. The van der Waals surface area contributed by atoms with Gasteiger partial charge in [0.1, 0.15) is 5.52 Å². The van der Waals surface area contributed by atoms with Gasteiger partial charge in [-0.3, -0.25) is 0 Å². The SMILES string of the molecule is CN(C)c1cccc(-c2ncc3c(ncn3C)n2)c1. The fourth-order valence-electron chi connectivity index (χ4n) is 1.98. The van der Waals surface area contributed by atoms with Crippen LogP contribution in [0.15, 0.2) is 36.8 Å². The van der Waals surface area contributed by atoms with E-state index in [0.717, 1.165) is 22.4 Å². The number of benzene rings is 1. The maximum absolute atomic E-state index is 4.51. The van der Waals surface area contributed by atoms with Gasteiger partial charge in [0, 0.05) is 32.4 Å². The molecule has 0 radical (unpaired) electrons. The molecule has 5 nitrogen and oxygen atoms in total. The van der Waals surface area contributed by atoms with Crippen LogP contribution in [0, 0.1) is 0 Å². The molecule has 19 heavy (non-hydrogen) atoms. The molecule has 0 fully saturated rings. The van der Waals surface area contributed by atoms with E-state index in [1.165, 1.54) is 0 Å². The fourth-order valence-corrected chi connectivity index (χ4v) is 1.98. The van der Waals surface area contributed by atoms with Gasteiger partial charge in [-0.1, -0.05) is 12.1 Å². The molecule has 1 aromatic carbocycles. The molecule has 0 saturated heterocycles. The standard InChI is InChI=1S/C14H15N5/c1-18(2)11-6-4-5-10(7-11)13-15-8-12-14(17-13)16-9-19(12)3/h4-9H,1-3H3. The summed E-state index contributed by atoms with van der Waals surface area (Å²) in [6.45, 7) is 0. The molecule has 3 rings (SSSR count). The smallest absolute Gasteiger partial charge is 0.181 e. The molecule has 0 amide bonds. The number of hydrogen-bond donors (Lipinski definition) is 0. The predicted octanol–water partition coefficient (Wildman–Crippen LogP) is 2.10. The largest absolute Gasteiger partial charge is 0.378 e. The monoisotopic (exact) mass is 253 g/mol. The Bertz CT molecular complexity index is 730. The van der Waals surface area contributed by atoms with Crippen molar-refractivity contribution >= 4 is 16.9 Å².